The van der Waals surface area contributed by atoms with Gasteiger partial charge in [0.25, 0.3) is 0 Å². The summed E-state index contributed by atoms with van der Waals surface area (Å²) in [7, 11) is 0. The Morgan fingerprint density at radius 2 is 0.471 bits per heavy atom. The standard InChI is InChI=1S/2C27H38N2.C5H10O.4CH4/c2*1-18(2)22-11-9-12-23(19(3)4)26(22)28-15-16-29(17-28)27-24(20(5)6)13-10-14-25(27)21(7)8;1-2-4-6-5-3-1;;;;/h2*9-16,18-21H,17H2,1-8H3;1-5H2;4*1H4. The third-order valence-electron chi connectivity index (χ3n) is 13.1. The van der Waals surface area contributed by atoms with E-state index in [1.807, 2.05) is 0 Å². The van der Waals surface area contributed by atoms with E-state index in [1.165, 1.54) is 86.5 Å². The van der Waals surface area contributed by atoms with Gasteiger partial charge in [0.05, 0.1) is 13.3 Å². The Kier molecular flexibility index (Phi) is 25.6. The number of ether oxygens (including phenoxy) is 1. The summed E-state index contributed by atoms with van der Waals surface area (Å²) in [6, 6.07) is 27.2. The van der Waals surface area contributed by atoms with Crippen LogP contribution in [0.3, 0.4) is 0 Å². The summed E-state index contributed by atoms with van der Waals surface area (Å²) in [6.45, 7) is 40.5. The monoisotopic (exact) mass is 931 g/mol. The quantitative estimate of drug-likeness (QED) is 0.141. The Balaban J connectivity index is 0.000000573. The van der Waals surface area contributed by atoms with E-state index in [0.717, 1.165) is 26.6 Å². The zero-order valence-corrected chi connectivity index (χ0v) is 43.0. The molecule has 3 aliphatic heterocycles. The van der Waals surface area contributed by atoms with Crippen LogP contribution in [0.25, 0.3) is 0 Å². The lowest BCUT2D eigenvalue weighted by Gasteiger charge is -2.31. The first kappa shape index (κ1) is 61.5. The van der Waals surface area contributed by atoms with E-state index >= 15 is 0 Å². The van der Waals surface area contributed by atoms with Gasteiger partial charge < -0.3 is 24.3 Å². The van der Waals surface area contributed by atoms with Gasteiger partial charge in [-0.1, -0.05) is 213 Å². The third-order valence-corrected chi connectivity index (χ3v) is 13.1. The molecule has 380 valence electrons. The summed E-state index contributed by atoms with van der Waals surface area (Å²) >= 11 is 0. The van der Waals surface area contributed by atoms with Crippen LogP contribution in [-0.4, -0.2) is 26.6 Å². The van der Waals surface area contributed by atoms with Crippen molar-refractivity contribution in [2.45, 2.75) is 207 Å². The van der Waals surface area contributed by atoms with Crippen molar-refractivity contribution in [1.82, 2.24) is 0 Å². The fraction of sp³-hybridized carbons (Fsp3) is 0.556. The summed E-state index contributed by atoms with van der Waals surface area (Å²) < 4.78 is 5.07. The van der Waals surface area contributed by atoms with Crippen LogP contribution in [0.4, 0.5) is 22.7 Å². The van der Waals surface area contributed by atoms with Crippen LogP contribution >= 0.6 is 0 Å². The first-order chi connectivity index (χ1) is 30.4. The maximum absolute atomic E-state index is 5.07. The number of hydrogen-bond donors (Lipinski definition) is 0. The van der Waals surface area contributed by atoms with Gasteiger partial charge in [0.15, 0.2) is 0 Å². The molecule has 0 atom stereocenters. The number of benzene rings is 4. The Morgan fingerprint density at radius 3 is 0.588 bits per heavy atom. The Hall–Kier alpha value is -4.48. The van der Waals surface area contributed by atoms with Crippen LogP contribution in [0.5, 0.6) is 0 Å². The van der Waals surface area contributed by atoms with Crippen LogP contribution in [0.15, 0.2) is 97.6 Å². The van der Waals surface area contributed by atoms with Crippen LogP contribution in [0.2, 0.25) is 0 Å². The molecule has 1 fully saturated rings. The van der Waals surface area contributed by atoms with E-state index < -0.39 is 0 Å². The molecule has 0 bridgehead atoms. The van der Waals surface area contributed by atoms with Gasteiger partial charge in [-0.15, -0.1) is 0 Å². The lowest BCUT2D eigenvalue weighted by Crippen LogP contribution is -2.28. The molecule has 0 aromatic heterocycles. The van der Waals surface area contributed by atoms with Crippen LogP contribution < -0.4 is 19.6 Å². The van der Waals surface area contributed by atoms with E-state index in [1.54, 1.807) is 0 Å². The molecule has 5 heteroatoms. The highest BCUT2D eigenvalue weighted by Gasteiger charge is 2.28. The van der Waals surface area contributed by atoms with E-state index in [9.17, 15) is 0 Å². The van der Waals surface area contributed by atoms with Gasteiger partial charge in [-0.25, -0.2) is 0 Å². The average molecular weight is 932 g/mol. The molecular weight excluding hydrogens is 829 g/mol. The first-order valence-corrected chi connectivity index (χ1v) is 25.0. The van der Waals surface area contributed by atoms with E-state index in [0.29, 0.717) is 47.3 Å². The van der Waals surface area contributed by atoms with Crippen molar-refractivity contribution >= 4 is 22.7 Å². The molecule has 0 spiro atoms. The summed E-state index contributed by atoms with van der Waals surface area (Å²) in [5.74, 6) is 4.00. The molecule has 68 heavy (non-hydrogen) atoms. The van der Waals surface area contributed by atoms with Crippen molar-refractivity contribution in [3.05, 3.63) is 142 Å². The highest BCUT2D eigenvalue weighted by Crippen LogP contribution is 2.43. The first-order valence-electron chi connectivity index (χ1n) is 25.0. The molecule has 4 aromatic rings. The Morgan fingerprint density at radius 1 is 0.294 bits per heavy atom. The fourth-order valence-electron chi connectivity index (χ4n) is 9.48. The maximum atomic E-state index is 5.07. The molecule has 1 saturated heterocycles. The van der Waals surface area contributed by atoms with Crippen LogP contribution in [0, 0.1) is 0 Å². The molecule has 0 amide bonds. The van der Waals surface area contributed by atoms with E-state index in [-0.39, 0.29) is 29.7 Å². The van der Waals surface area contributed by atoms with Crippen molar-refractivity contribution in [1.29, 1.82) is 0 Å². The minimum absolute atomic E-state index is 0. The van der Waals surface area contributed by atoms with Crippen molar-refractivity contribution in [3.63, 3.8) is 0 Å². The van der Waals surface area contributed by atoms with Gasteiger partial charge in [0.1, 0.15) is 0 Å². The third kappa shape index (κ3) is 14.8. The van der Waals surface area contributed by atoms with Gasteiger partial charge in [0, 0.05) is 60.8 Å². The van der Waals surface area contributed by atoms with E-state index in [4.69, 9.17) is 4.74 Å². The van der Waals surface area contributed by atoms with Crippen molar-refractivity contribution in [3.8, 4) is 0 Å². The zero-order valence-electron chi connectivity index (χ0n) is 43.0. The number of rotatable bonds is 12. The molecule has 0 N–H and O–H groups in total. The SMILES string of the molecule is C.C.C.C.C1CCOCC1.CC(C)c1cccc(C(C)C)c1N1C=CN(c2c(C(C)C)cccc2C(C)C)C1.CC(C)c1cccc(C(C)C)c1N1C=CN(c2c(C(C)C)cccc2C(C)C)C1. The predicted molar refractivity (Wildman–Crippen MR) is 308 cm³/mol. The van der Waals surface area contributed by atoms with Crippen LogP contribution in [-0.2, 0) is 4.74 Å². The molecule has 5 nitrogen and oxygen atoms in total. The lowest BCUT2D eigenvalue weighted by atomic mass is 9.91. The maximum Gasteiger partial charge on any atom is 0.0989 e. The van der Waals surface area contributed by atoms with Gasteiger partial charge in [-0.05, 0) is 111 Å². The lowest BCUT2D eigenvalue weighted by molar-refractivity contribution is 0.0968. The van der Waals surface area contributed by atoms with Gasteiger partial charge in [0.2, 0.25) is 0 Å². The topological polar surface area (TPSA) is 22.2 Å². The molecule has 3 aliphatic rings. The fourth-order valence-corrected chi connectivity index (χ4v) is 9.48. The predicted octanol–water partition coefficient (Wildman–Crippen LogP) is 19.6. The summed E-state index contributed by atoms with van der Waals surface area (Å²) in [5, 5.41) is 0. The number of para-hydroxylation sites is 4. The second-order valence-corrected chi connectivity index (χ2v) is 20.8. The van der Waals surface area contributed by atoms with Crippen molar-refractivity contribution in [2.24, 2.45) is 0 Å². The second kappa shape index (κ2) is 28.3. The van der Waals surface area contributed by atoms with Gasteiger partial charge in [-0.3, -0.25) is 0 Å². The number of hydrogen-bond acceptors (Lipinski definition) is 5. The minimum Gasteiger partial charge on any atom is -0.381 e. The molecule has 0 aliphatic carbocycles. The van der Waals surface area contributed by atoms with Gasteiger partial charge >= 0.3 is 0 Å². The molecule has 0 unspecified atom stereocenters. The molecule has 4 aromatic carbocycles. The van der Waals surface area contributed by atoms with Crippen molar-refractivity contribution in [2.75, 3.05) is 46.2 Å². The largest absolute Gasteiger partial charge is 0.381 e. The molecule has 0 radical (unpaired) electrons. The molecule has 7 rings (SSSR count). The Labute approximate surface area is 421 Å². The van der Waals surface area contributed by atoms with Gasteiger partial charge in [-0.2, -0.15) is 0 Å². The normalized spacial score (nSPS) is 14.4. The molecule has 0 saturated carbocycles. The number of anilines is 4. The second-order valence-electron chi connectivity index (χ2n) is 20.8. The highest BCUT2D eigenvalue weighted by molar-refractivity contribution is 5.72. The van der Waals surface area contributed by atoms with Crippen molar-refractivity contribution < 1.29 is 4.74 Å². The highest BCUT2D eigenvalue weighted by atomic mass is 16.5. The summed E-state index contributed by atoms with van der Waals surface area (Å²) in [5.41, 5.74) is 17.0. The summed E-state index contributed by atoms with van der Waals surface area (Å²) in [6.07, 6.45) is 13.0. The molecular formula is C63H102N4O. The number of nitrogens with zero attached hydrogens (tertiary/aromatic N) is 4. The smallest absolute Gasteiger partial charge is 0.0989 e. The average Bonchev–Trinajstić information content (AvgIpc) is 3.97. The minimum atomic E-state index is 0. The van der Waals surface area contributed by atoms with E-state index in [2.05, 4.69) is 228 Å². The van der Waals surface area contributed by atoms with Crippen LogP contribution in [0.1, 0.15) is 252 Å². The summed E-state index contributed by atoms with van der Waals surface area (Å²) in [4.78, 5) is 9.80. The molecule has 3 heterocycles. The zero-order chi connectivity index (χ0) is 46.8. The Bertz CT molecular complexity index is 1740.